The highest BCUT2D eigenvalue weighted by Crippen LogP contribution is 2.14. The van der Waals surface area contributed by atoms with Gasteiger partial charge in [-0.2, -0.15) is 12.9 Å². The summed E-state index contributed by atoms with van der Waals surface area (Å²) in [5.41, 5.74) is 0. The van der Waals surface area contributed by atoms with Crippen LogP contribution in [0.1, 0.15) is 0 Å². The predicted molar refractivity (Wildman–Crippen MR) is 120 cm³/mol. The van der Waals surface area contributed by atoms with Gasteiger partial charge in [0, 0.05) is 7.05 Å². The quantitative estimate of drug-likeness (QED) is 0.324. The third-order valence-electron chi connectivity index (χ3n) is 4.85. The molecule has 4 heterocycles. The van der Waals surface area contributed by atoms with Gasteiger partial charge in [0.15, 0.2) is 9.84 Å². The van der Waals surface area contributed by atoms with Crippen LogP contribution < -0.4 is 0 Å². The van der Waals surface area contributed by atoms with E-state index in [4.69, 9.17) is 18.9 Å². The molecule has 19 heteroatoms. The molecule has 0 aromatic rings. The first kappa shape index (κ1) is 29.7. The highest BCUT2D eigenvalue weighted by Gasteiger charge is 2.34. The molecule has 0 spiro atoms. The molecule has 0 unspecified atom stereocenters. The van der Waals surface area contributed by atoms with Crippen molar-refractivity contribution >= 4 is 39.9 Å². The predicted octanol–water partition coefficient (Wildman–Crippen LogP) is -3.15. The zero-order chi connectivity index (χ0) is 25.5. The van der Waals surface area contributed by atoms with Gasteiger partial charge in [-0.25, -0.2) is 33.7 Å². The molecule has 4 fully saturated rings. The highest BCUT2D eigenvalue weighted by atomic mass is 32.2. The summed E-state index contributed by atoms with van der Waals surface area (Å²) in [5.74, 6) is 0.271. The maximum atomic E-state index is 11.7. The van der Waals surface area contributed by atoms with Crippen molar-refractivity contribution in [3.63, 3.8) is 0 Å². The number of hydrogen-bond donors (Lipinski definition) is 0. The average molecular weight is 574 g/mol. The SMILES string of the molecule is CN1COCCS1(=O)=O.O=S1(=O)CCOCC1.O=S1(=O)CCOCN1CN1COCCS1(=O)=O. The van der Waals surface area contributed by atoms with Crippen LogP contribution in [0.25, 0.3) is 0 Å². The van der Waals surface area contributed by atoms with Gasteiger partial charge in [0.1, 0.15) is 20.2 Å². The summed E-state index contributed by atoms with van der Waals surface area (Å²) >= 11 is 0. The summed E-state index contributed by atoms with van der Waals surface area (Å²) in [6.07, 6.45) is 0. The maximum absolute atomic E-state index is 11.7. The summed E-state index contributed by atoms with van der Waals surface area (Å²) in [6, 6.07) is 0. The van der Waals surface area contributed by atoms with Gasteiger partial charge < -0.3 is 18.9 Å². The Hall–Kier alpha value is -0.480. The van der Waals surface area contributed by atoms with E-state index in [1.165, 1.54) is 11.4 Å². The van der Waals surface area contributed by atoms with Crippen LogP contribution >= 0.6 is 0 Å². The van der Waals surface area contributed by atoms with Gasteiger partial charge in [-0.05, 0) is 0 Å². The van der Waals surface area contributed by atoms with Crippen LogP contribution in [0, 0.1) is 0 Å². The van der Waals surface area contributed by atoms with Gasteiger partial charge in [0.2, 0.25) is 30.1 Å². The molecule has 0 aromatic heterocycles. The fourth-order valence-corrected chi connectivity index (χ4v) is 6.85. The molecule has 0 aromatic carbocycles. The number of sulfonamides is 3. The summed E-state index contributed by atoms with van der Waals surface area (Å²) < 4.78 is 112. The number of hydrogen-bond acceptors (Lipinski definition) is 12. The standard InChI is InChI=1S/C7H14N2O6S2.C4H9NO3S.C4H8O3S/c10-16(11)3-1-14-6-8(16)5-9-7-15-2-4-17(9,12)13;1-5-4-8-2-3-9(5,6)7;5-8(6)3-1-7-2-4-8/h1-7H2;2-4H2,1H3;1-4H2. The second kappa shape index (κ2) is 12.7. The largest absolute Gasteiger partial charge is 0.379 e. The Kier molecular flexibility index (Phi) is 11.1. The first-order valence-corrected chi connectivity index (χ1v) is 16.8. The maximum Gasteiger partial charge on any atom is 0.219 e. The number of ether oxygens (including phenoxy) is 4. The average Bonchev–Trinajstić information content (AvgIpc) is 2.74. The minimum Gasteiger partial charge on any atom is -0.379 e. The van der Waals surface area contributed by atoms with Gasteiger partial charge in [-0.1, -0.05) is 0 Å². The van der Waals surface area contributed by atoms with Crippen molar-refractivity contribution in [3.8, 4) is 0 Å². The van der Waals surface area contributed by atoms with E-state index in [1.54, 1.807) is 0 Å². The fraction of sp³-hybridized carbons (Fsp3) is 1.00. The van der Waals surface area contributed by atoms with Crippen molar-refractivity contribution in [2.75, 3.05) is 95.7 Å². The van der Waals surface area contributed by atoms with E-state index in [-0.39, 0.29) is 68.8 Å². The van der Waals surface area contributed by atoms with E-state index in [1.807, 2.05) is 0 Å². The van der Waals surface area contributed by atoms with Crippen molar-refractivity contribution < 1.29 is 52.6 Å². The molecule has 0 bridgehead atoms. The van der Waals surface area contributed by atoms with Crippen LogP contribution in [-0.2, 0) is 58.9 Å². The molecule has 34 heavy (non-hydrogen) atoms. The number of sulfone groups is 1. The number of nitrogens with zero attached hydrogens (tertiary/aromatic N) is 3. The van der Waals surface area contributed by atoms with E-state index < -0.39 is 39.9 Å². The van der Waals surface area contributed by atoms with Crippen molar-refractivity contribution in [2.45, 2.75) is 0 Å². The topological polar surface area (TPSA) is 183 Å². The van der Waals surface area contributed by atoms with Gasteiger partial charge in [0.25, 0.3) is 0 Å². The van der Waals surface area contributed by atoms with Crippen LogP contribution in [0.15, 0.2) is 0 Å². The highest BCUT2D eigenvalue weighted by molar-refractivity contribution is 7.91. The fourth-order valence-electron chi connectivity index (χ4n) is 2.68. The van der Waals surface area contributed by atoms with Crippen LogP contribution in [0.5, 0.6) is 0 Å². The molecule has 0 radical (unpaired) electrons. The van der Waals surface area contributed by atoms with Crippen LogP contribution in [0.3, 0.4) is 0 Å². The minimum absolute atomic E-state index is 0.115. The molecular weight excluding hydrogens is 542 g/mol. The van der Waals surface area contributed by atoms with Gasteiger partial charge >= 0.3 is 0 Å². The van der Waals surface area contributed by atoms with E-state index in [0.717, 1.165) is 8.61 Å². The molecule has 202 valence electrons. The van der Waals surface area contributed by atoms with Crippen LogP contribution in [-0.4, -0.2) is 142 Å². The molecule has 0 N–H and O–H groups in total. The Labute approximate surface area is 200 Å². The van der Waals surface area contributed by atoms with Crippen molar-refractivity contribution in [1.82, 2.24) is 12.9 Å². The molecular formula is C15H31N3O12S4. The normalized spacial score (nSPS) is 29.0. The summed E-state index contributed by atoms with van der Waals surface area (Å²) in [7, 11) is -11.0. The molecule has 4 aliphatic rings. The number of rotatable bonds is 2. The van der Waals surface area contributed by atoms with Crippen molar-refractivity contribution in [2.24, 2.45) is 0 Å². The van der Waals surface area contributed by atoms with E-state index in [0.29, 0.717) is 19.8 Å². The zero-order valence-electron chi connectivity index (χ0n) is 18.8. The Bertz CT molecular complexity index is 1020. The second-order valence-corrected chi connectivity index (χ2v) is 16.1. The smallest absolute Gasteiger partial charge is 0.219 e. The third-order valence-corrected chi connectivity index (χ3v) is 11.6. The molecule has 0 amide bonds. The van der Waals surface area contributed by atoms with E-state index >= 15 is 0 Å². The molecule has 0 aliphatic carbocycles. The third kappa shape index (κ3) is 9.52. The minimum atomic E-state index is -3.43. The molecule has 4 aliphatic heterocycles. The zero-order valence-corrected chi connectivity index (χ0v) is 22.0. The molecule has 0 atom stereocenters. The summed E-state index contributed by atoms with van der Waals surface area (Å²) in [6.45, 7) is 1.08. The lowest BCUT2D eigenvalue weighted by atomic mass is 10.8. The first-order valence-electron chi connectivity index (χ1n) is 10.2. The monoisotopic (exact) mass is 573 g/mol. The Morgan fingerprint density at radius 3 is 1.21 bits per heavy atom. The lowest BCUT2D eigenvalue weighted by Gasteiger charge is -2.33. The lowest BCUT2D eigenvalue weighted by molar-refractivity contribution is 0.0159. The second-order valence-electron chi connectivity index (χ2n) is 7.47. The van der Waals surface area contributed by atoms with Crippen molar-refractivity contribution in [3.05, 3.63) is 0 Å². The first-order chi connectivity index (χ1) is 15.8. The summed E-state index contributed by atoms with van der Waals surface area (Å²) in [4.78, 5) is 0. The molecule has 4 rings (SSSR count). The van der Waals surface area contributed by atoms with E-state index in [2.05, 4.69) is 0 Å². The lowest BCUT2D eigenvalue weighted by Crippen LogP contribution is -2.51. The molecule has 4 saturated heterocycles. The molecule has 0 saturated carbocycles. The van der Waals surface area contributed by atoms with Gasteiger partial charge in [-0.15, -0.1) is 0 Å². The Morgan fingerprint density at radius 1 is 0.529 bits per heavy atom. The van der Waals surface area contributed by atoms with Gasteiger partial charge in [-0.3, -0.25) is 0 Å². The summed E-state index contributed by atoms with van der Waals surface area (Å²) in [5, 5.41) is 0. The van der Waals surface area contributed by atoms with Crippen LogP contribution in [0.4, 0.5) is 0 Å². The Balaban J connectivity index is 0.000000201. The van der Waals surface area contributed by atoms with Gasteiger partial charge in [0.05, 0.1) is 68.5 Å². The van der Waals surface area contributed by atoms with Crippen LogP contribution in [0.2, 0.25) is 0 Å². The Morgan fingerprint density at radius 2 is 0.912 bits per heavy atom. The van der Waals surface area contributed by atoms with Crippen molar-refractivity contribution in [1.29, 1.82) is 0 Å². The molecule has 15 nitrogen and oxygen atoms in total. The van der Waals surface area contributed by atoms with E-state index in [9.17, 15) is 33.7 Å².